The number of hydrogen-bond donors (Lipinski definition) is 1. The first-order valence-corrected chi connectivity index (χ1v) is 5.04. The third-order valence-electron chi connectivity index (χ3n) is 3.07. The van der Waals surface area contributed by atoms with Gasteiger partial charge in [0, 0.05) is 0 Å². The van der Waals surface area contributed by atoms with E-state index in [1.54, 1.807) is 0 Å². The molecule has 0 saturated carbocycles. The van der Waals surface area contributed by atoms with Gasteiger partial charge in [0.25, 0.3) is 0 Å². The molecule has 0 aliphatic carbocycles. The van der Waals surface area contributed by atoms with E-state index in [1.807, 2.05) is 52.0 Å². The monoisotopic (exact) mass is 192 g/mol. The molecule has 1 N–H and O–H groups in total. The van der Waals surface area contributed by atoms with Gasteiger partial charge in [-0.3, -0.25) is 0 Å². The molecule has 1 unspecified atom stereocenters. The smallest absolute Gasteiger partial charge is 0.0916 e. The summed E-state index contributed by atoms with van der Waals surface area (Å²) in [5, 5.41) is 10.4. The van der Waals surface area contributed by atoms with Gasteiger partial charge in [-0.05, 0) is 24.8 Å². The predicted molar refractivity (Wildman–Crippen MR) is 60.2 cm³/mol. The summed E-state index contributed by atoms with van der Waals surface area (Å²) in [7, 11) is 0. The van der Waals surface area contributed by atoms with E-state index in [-0.39, 0.29) is 5.41 Å². The zero-order valence-electron chi connectivity index (χ0n) is 9.76. The second-order valence-corrected chi connectivity index (χ2v) is 5.19. The van der Waals surface area contributed by atoms with E-state index >= 15 is 0 Å². The number of rotatable bonds is 1. The lowest BCUT2D eigenvalue weighted by Gasteiger charge is -2.37. The van der Waals surface area contributed by atoms with Crippen LogP contribution in [0, 0.1) is 12.3 Å². The molecule has 78 valence electrons. The molecule has 0 aliphatic heterocycles. The number of hydrogen-bond acceptors (Lipinski definition) is 1. The van der Waals surface area contributed by atoms with E-state index in [1.165, 1.54) is 5.56 Å². The van der Waals surface area contributed by atoms with Crippen molar-refractivity contribution < 1.29 is 5.11 Å². The Morgan fingerprint density at radius 1 is 0.929 bits per heavy atom. The van der Waals surface area contributed by atoms with Crippen molar-refractivity contribution in [2.45, 2.75) is 40.2 Å². The highest BCUT2D eigenvalue weighted by atomic mass is 16.3. The van der Waals surface area contributed by atoms with E-state index < -0.39 is 5.60 Å². The quantitative estimate of drug-likeness (QED) is 0.724. The summed E-state index contributed by atoms with van der Waals surface area (Å²) in [4.78, 5) is 0. The maximum absolute atomic E-state index is 10.4. The van der Waals surface area contributed by atoms with E-state index in [0.29, 0.717) is 0 Å². The topological polar surface area (TPSA) is 20.2 Å². The Morgan fingerprint density at radius 2 is 1.36 bits per heavy atom. The molecule has 0 saturated heterocycles. The van der Waals surface area contributed by atoms with Gasteiger partial charge in [0.05, 0.1) is 5.60 Å². The maximum Gasteiger partial charge on any atom is 0.0916 e. The van der Waals surface area contributed by atoms with Crippen LogP contribution in [0.5, 0.6) is 0 Å². The van der Waals surface area contributed by atoms with E-state index in [9.17, 15) is 5.11 Å². The third-order valence-corrected chi connectivity index (χ3v) is 3.07. The molecule has 0 amide bonds. The van der Waals surface area contributed by atoms with Gasteiger partial charge in [0.15, 0.2) is 0 Å². The molecule has 0 radical (unpaired) electrons. The number of aryl methyl sites for hydroxylation is 1. The van der Waals surface area contributed by atoms with Gasteiger partial charge in [-0.15, -0.1) is 0 Å². The van der Waals surface area contributed by atoms with Crippen LogP contribution in [0.2, 0.25) is 0 Å². The maximum atomic E-state index is 10.4. The summed E-state index contributed by atoms with van der Waals surface area (Å²) in [6.07, 6.45) is 0. The minimum absolute atomic E-state index is 0.151. The fourth-order valence-electron chi connectivity index (χ4n) is 1.31. The van der Waals surface area contributed by atoms with Gasteiger partial charge >= 0.3 is 0 Å². The van der Waals surface area contributed by atoms with Gasteiger partial charge in [0.2, 0.25) is 0 Å². The number of aliphatic hydroxyl groups is 1. The molecule has 14 heavy (non-hydrogen) atoms. The molecule has 0 fully saturated rings. The van der Waals surface area contributed by atoms with Gasteiger partial charge in [-0.2, -0.15) is 0 Å². The molecule has 1 atom stereocenters. The van der Waals surface area contributed by atoms with Crippen LogP contribution in [0.3, 0.4) is 0 Å². The molecule has 0 heterocycles. The standard InChI is InChI=1S/C13H20O/c1-10-6-8-11(9-7-10)13(5,14)12(2,3)4/h6-9,14H,1-5H3. The summed E-state index contributed by atoms with van der Waals surface area (Å²) < 4.78 is 0. The van der Waals surface area contributed by atoms with Crippen LogP contribution in [0.25, 0.3) is 0 Å². The Labute approximate surface area is 86.8 Å². The fraction of sp³-hybridized carbons (Fsp3) is 0.538. The van der Waals surface area contributed by atoms with Gasteiger partial charge in [0.1, 0.15) is 0 Å². The molecule has 1 rings (SSSR count). The Hall–Kier alpha value is -0.820. The van der Waals surface area contributed by atoms with Crippen molar-refractivity contribution >= 4 is 0 Å². The summed E-state index contributed by atoms with van der Waals surface area (Å²) in [6, 6.07) is 8.08. The molecule has 1 heteroatoms. The Morgan fingerprint density at radius 3 is 1.71 bits per heavy atom. The molecule has 0 spiro atoms. The van der Waals surface area contributed by atoms with Gasteiger partial charge in [-0.1, -0.05) is 50.6 Å². The summed E-state index contributed by atoms with van der Waals surface area (Å²) in [5.41, 5.74) is 1.28. The second-order valence-electron chi connectivity index (χ2n) is 5.19. The van der Waals surface area contributed by atoms with E-state index in [2.05, 4.69) is 6.92 Å². The minimum Gasteiger partial charge on any atom is -0.385 e. The van der Waals surface area contributed by atoms with Crippen molar-refractivity contribution in [3.05, 3.63) is 35.4 Å². The van der Waals surface area contributed by atoms with Crippen LogP contribution < -0.4 is 0 Å². The van der Waals surface area contributed by atoms with E-state index in [0.717, 1.165) is 5.56 Å². The third kappa shape index (κ3) is 1.98. The van der Waals surface area contributed by atoms with Gasteiger partial charge < -0.3 is 5.11 Å². The molecule has 0 aliphatic rings. The van der Waals surface area contributed by atoms with Crippen LogP contribution in [0.4, 0.5) is 0 Å². The SMILES string of the molecule is Cc1ccc(C(C)(O)C(C)(C)C)cc1. The lowest BCUT2D eigenvalue weighted by Crippen LogP contribution is -2.36. The summed E-state index contributed by atoms with van der Waals surface area (Å²) in [6.45, 7) is 10.1. The zero-order chi connectivity index (χ0) is 11.0. The first-order valence-electron chi connectivity index (χ1n) is 5.04. The van der Waals surface area contributed by atoms with Crippen LogP contribution in [-0.4, -0.2) is 5.11 Å². The molecule has 1 aromatic carbocycles. The lowest BCUT2D eigenvalue weighted by molar-refractivity contribution is -0.0470. The van der Waals surface area contributed by atoms with Crippen molar-refractivity contribution in [3.8, 4) is 0 Å². The van der Waals surface area contributed by atoms with Gasteiger partial charge in [-0.25, -0.2) is 0 Å². The zero-order valence-corrected chi connectivity index (χ0v) is 9.76. The average Bonchev–Trinajstić information content (AvgIpc) is 2.03. The minimum atomic E-state index is -0.777. The molecular weight excluding hydrogens is 172 g/mol. The Balaban J connectivity index is 3.10. The predicted octanol–water partition coefficient (Wildman–Crippen LogP) is 3.25. The van der Waals surface area contributed by atoms with Crippen molar-refractivity contribution in [3.63, 3.8) is 0 Å². The first kappa shape index (κ1) is 11.3. The summed E-state index contributed by atoms with van der Waals surface area (Å²) >= 11 is 0. The van der Waals surface area contributed by atoms with Crippen LogP contribution in [-0.2, 0) is 5.60 Å². The molecule has 1 aromatic rings. The fourth-order valence-corrected chi connectivity index (χ4v) is 1.31. The van der Waals surface area contributed by atoms with Crippen molar-refractivity contribution in [2.75, 3.05) is 0 Å². The first-order chi connectivity index (χ1) is 6.25. The average molecular weight is 192 g/mol. The van der Waals surface area contributed by atoms with Crippen molar-refractivity contribution in [2.24, 2.45) is 5.41 Å². The lowest BCUT2D eigenvalue weighted by atomic mass is 9.73. The highest BCUT2D eigenvalue weighted by molar-refractivity contribution is 5.27. The van der Waals surface area contributed by atoms with Crippen LogP contribution in [0.15, 0.2) is 24.3 Å². The highest BCUT2D eigenvalue weighted by Gasteiger charge is 2.36. The molecule has 0 aromatic heterocycles. The van der Waals surface area contributed by atoms with Crippen LogP contribution >= 0.6 is 0 Å². The van der Waals surface area contributed by atoms with E-state index in [4.69, 9.17) is 0 Å². The van der Waals surface area contributed by atoms with Crippen molar-refractivity contribution in [1.82, 2.24) is 0 Å². The molecule has 1 nitrogen and oxygen atoms in total. The second kappa shape index (κ2) is 3.39. The molecular formula is C13H20O. The largest absolute Gasteiger partial charge is 0.385 e. The normalized spacial score (nSPS) is 16.4. The highest BCUT2D eigenvalue weighted by Crippen LogP contribution is 2.38. The summed E-state index contributed by atoms with van der Waals surface area (Å²) in [5.74, 6) is 0. The molecule has 0 bridgehead atoms. The Kier molecular flexibility index (Phi) is 2.73. The Bertz CT molecular complexity index is 301. The van der Waals surface area contributed by atoms with Crippen molar-refractivity contribution in [1.29, 1.82) is 0 Å². The van der Waals surface area contributed by atoms with Crippen LogP contribution in [0.1, 0.15) is 38.8 Å². The number of benzene rings is 1.